The molecule has 0 aliphatic heterocycles. The van der Waals surface area contributed by atoms with Gasteiger partial charge in [-0.15, -0.1) is 0 Å². The van der Waals surface area contributed by atoms with Crippen molar-refractivity contribution in [3.63, 3.8) is 0 Å². The number of tetrazole rings is 2. The van der Waals surface area contributed by atoms with E-state index in [2.05, 4.69) is 31.1 Å². The van der Waals surface area contributed by atoms with Crippen molar-refractivity contribution < 1.29 is 29.5 Å². The van der Waals surface area contributed by atoms with Gasteiger partial charge in [-0.2, -0.15) is 0 Å². The Morgan fingerprint density at radius 2 is 0.913 bits per heavy atom. The summed E-state index contributed by atoms with van der Waals surface area (Å²) >= 11 is 0. The average molecular weight is 654 g/mol. The maximum atomic E-state index is 11.0. The molecule has 0 spiro atoms. The number of aromatic nitrogens is 10. The van der Waals surface area contributed by atoms with E-state index in [1.165, 1.54) is 23.9 Å². The highest BCUT2D eigenvalue weighted by atomic mass is 16.7. The van der Waals surface area contributed by atoms with E-state index in [4.69, 9.17) is 0 Å². The van der Waals surface area contributed by atoms with Crippen LogP contribution in [0.2, 0.25) is 0 Å². The van der Waals surface area contributed by atoms with Crippen LogP contribution in [0.3, 0.4) is 0 Å². The molecule has 4 aromatic rings. The molecule has 0 aromatic carbocycles. The van der Waals surface area contributed by atoms with Crippen molar-refractivity contribution in [2.45, 2.75) is 26.7 Å². The summed E-state index contributed by atoms with van der Waals surface area (Å²) in [6.45, 7) is -0.568. The molecule has 4 heterocycles. The van der Waals surface area contributed by atoms with E-state index in [0.29, 0.717) is 0 Å². The van der Waals surface area contributed by atoms with Gasteiger partial charge in [0.05, 0.1) is 30.5 Å². The molecule has 0 atom stereocenters. The maximum absolute atomic E-state index is 11.0. The van der Waals surface area contributed by atoms with Crippen molar-refractivity contribution >= 4 is 34.9 Å². The molecule has 0 amide bonds. The van der Waals surface area contributed by atoms with E-state index in [1.807, 2.05) is 0 Å². The summed E-state index contributed by atoms with van der Waals surface area (Å²) in [5, 5.41) is 84.5. The third kappa shape index (κ3) is 8.10. The first kappa shape index (κ1) is 33.5. The summed E-state index contributed by atoms with van der Waals surface area (Å²) in [4.78, 5) is 62.9. The van der Waals surface area contributed by atoms with Gasteiger partial charge in [0.1, 0.15) is 25.5 Å². The second-order valence-electron chi connectivity index (χ2n) is 8.83. The Labute approximate surface area is 250 Å². The van der Waals surface area contributed by atoms with E-state index in [9.17, 15) is 60.7 Å². The van der Waals surface area contributed by atoms with Crippen LogP contribution in [-0.2, 0) is 26.7 Å². The third-order valence-electron chi connectivity index (χ3n) is 5.41. The number of hydrogen-bond acceptors (Lipinski definition) is 20. The Hall–Kier alpha value is -6.98. The fourth-order valence-electron chi connectivity index (χ4n) is 3.61. The molecule has 0 aliphatic carbocycles. The normalized spacial score (nSPS) is 10.9. The summed E-state index contributed by atoms with van der Waals surface area (Å²) in [6, 6.07) is 1.58. The van der Waals surface area contributed by atoms with E-state index in [1.54, 1.807) is 0 Å². The van der Waals surface area contributed by atoms with Gasteiger partial charge in [-0.25, -0.2) is 18.9 Å². The minimum Gasteiger partial charge on any atom is -0.390 e. The lowest BCUT2D eigenvalue weighted by atomic mass is 10.5. The molecule has 30 heteroatoms. The standard InChI is InChI=1S/C11H11N7O8.C5H7N11O4/c1-12(6-13-4-8(15(19)20)2-10(13)17(23)24)7-14-5-9(16(21)22)3-11(14)18(25)26;1-12(2-13-4(15(17)18)6-8-10-13)3-14-5(16(19)20)7-9-11-14/h2-5H,6-7H2,1H3;2-3H2,1H3. The average Bonchev–Trinajstić information content (AvgIpc) is 3.75. The zero-order valence-electron chi connectivity index (χ0n) is 23.1. The monoisotopic (exact) mass is 654 g/mol. The highest BCUT2D eigenvalue weighted by Gasteiger charge is 2.27. The Bertz CT molecular complexity index is 1660. The van der Waals surface area contributed by atoms with E-state index >= 15 is 0 Å². The number of hydrogen-bond donors (Lipinski definition) is 0. The SMILES string of the molecule is CN(Cn1cc([N+](=O)[O-])cc1[N+](=O)[O-])Cn1cc([N+](=O)[O-])cc1[N+](=O)[O-].CN(Cn1nnnc1[N+](=O)[O-])Cn1nnnc1[N+](=O)[O-]. The second-order valence-corrected chi connectivity index (χ2v) is 8.83. The lowest BCUT2D eigenvalue weighted by Gasteiger charge is -2.13. The summed E-state index contributed by atoms with van der Waals surface area (Å²) in [6.07, 6.45) is 1.92. The largest absolute Gasteiger partial charge is 0.480 e. The Kier molecular flexibility index (Phi) is 10.2. The first-order valence-corrected chi connectivity index (χ1v) is 11.7. The topological polar surface area (TPSA) is 362 Å². The maximum Gasteiger partial charge on any atom is 0.480 e. The Morgan fingerprint density at radius 1 is 0.565 bits per heavy atom. The molecule has 0 N–H and O–H groups in total. The fraction of sp³-hybridized carbons (Fsp3) is 0.375. The minimum atomic E-state index is -0.802. The van der Waals surface area contributed by atoms with E-state index in [0.717, 1.165) is 43.0 Å². The van der Waals surface area contributed by atoms with Crippen molar-refractivity contribution in [2.75, 3.05) is 14.1 Å². The smallest absolute Gasteiger partial charge is 0.390 e. The molecular weight excluding hydrogens is 636 g/mol. The predicted molar refractivity (Wildman–Crippen MR) is 140 cm³/mol. The van der Waals surface area contributed by atoms with Crippen LogP contribution in [0.5, 0.6) is 0 Å². The molecule has 0 radical (unpaired) electrons. The van der Waals surface area contributed by atoms with Crippen LogP contribution < -0.4 is 0 Å². The summed E-state index contributed by atoms with van der Waals surface area (Å²) in [7, 11) is 2.97. The van der Waals surface area contributed by atoms with E-state index < -0.39 is 64.4 Å². The van der Waals surface area contributed by atoms with Crippen LogP contribution >= 0.6 is 0 Å². The lowest BCUT2D eigenvalue weighted by Crippen LogP contribution is -2.27. The van der Waals surface area contributed by atoms with Gasteiger partial charge in [0.15, 0.2) is 25.7 Å². The molecule has 0 unspecified atom stereocenters. The molecule has 0 saturated carbocycles. The van der Waals surface area contributed by atoms with Gasteiger partial charge >= 0.3 is 34.9 Å². The first-order valence-electron chi connectivity index (χ1n) is 11.7. The van der Waals surface area contributed by atoms with Crippen LogP contribution in [0.1, 0.15) is 0 Å². The summed E-state index contributed by atoms with van der Waals surface area (Å²) in [5.74, 6) is -2.14. The van der Waals surface area contributed by atoms with E-state index in [-0.39, 0.29) is 26.7 Å². The minimum absolute atomic E-state index is 0.0691. The zero-order chi connectivity index (χ0) is 34.3. The Balaban J connectivity index is 0.000000259. The summed E-state index contributed by atoms with van der Waals surface area (Å²) in [5.41, 5.74) is -0.958. The van der Waals surface area contributed by atoms with Crippen LogP contribution in [0.4, 0.5) is 34.9 Å². The van der Waals surface area contributed by atoms with Crippen LogP contribution in [0.15, 0.2) is 24.5 Å². The fourth-order valence-corrected chi connectivity index (χ4v) is 3.61. The van der Waals surface area contributed by atoms with Crippen molar-refractivity contribution in [3.05, 3.63) is 85.2 Å². The van der Waals surface area contributed by atoms with Gasteiger partial charge < -0.3 is 40.5 Å². The third-order valence-corrected chi connectivity index (χ3v) is 5.41. The molecule has 0 saturated heterocycles. The van der Waals surface area contributed by atoms with Gasteiger partial charge in [0, 0.05) is 10.4 Å². The number of rotatable bonds is 14. The second kappa shape index (κ2) is 14.0. The molecule has 30 nitrogen and oxygen atoms in total. The Morgan fingerprint density at radius 3 is 1.22 bits per heavy atom. The van der Waals surface area contributed by atoms with Gasteiger partial charge in [-0.05, 0) is 33.8 Å². The first-order chi connectivity index (χ1) is 21.6. The summed E-state index contributed by atoms with van der Waals surface area (Å²) < 4.78 is 3.83. The van der Waals surface area contributed by atoms with Gasteiger partial charge in [-0.3, -0.25) is 20.2 Å². The molecule has 4 aromatic heterocycles. The number of nitro groups is 6. The van der Waals surface area contributed by atoms with Crippen LogP contribution in [0.25, 0.3) is 0 Å². The molecule has 0 aliphatic rings. The predicted octanol–water partition coefficient (Wildman–Crippen LogP) is -0.508. The number of nitrogens with zero attached hydrogens (tertiary/aromatic N) is 18. The zero-order valence-corrected chi connectivity index (χ0v) is 23.1. The van der Waals surface area contributed by atoms with Crippen molar-refractivity contribution in [3.8, 4) is 0 Å². The lowest BCUT2D eigenvalue weighted by molar-refractivity contribution is -0.398. The highest BCUT2D eigenvalue weighted by molar-refractivity contribution is 5.40. The van der Waals surface area contributed by atoms with Crippen molar-refractivity contribution in [2.24, 2.45) is 0 Å². The van der Waals surface area contributed by atoms with Crippen LogP contribution in [0, 0.1) is 60.7 Å². The molecular formula is C16H18N18O12. The molecule has 244 valence electrons. The van der Waals surface area contributed by atoms with Gasteiger partial charge in [0.25, 0.3) is 0 Å². The quantitative estimate of drug-likeness (QED) is 0.122. The highest BCUT2D eigenvalue weighted by Crippen LogP contribution is 2.25. The molecule has 0 fully saturated rings. The molecule has 0 bridgehead atoms. The van der Waals surface area contributed by atoms with Crippen LogP contribution in [-0.4, -0.2) is 103 Å². The molecule has 46 heavy (non-hydrogen) atoms. The van der Waals surface area contributed by atoms with Crippen molar-refractivity contribution in [1.29, 1.82) is 0 Å². The van der Waals surface area contributed by atoms with Gasteiger partial charge in [0.2, 0.25) is 0 Å². The molecule has 4 rings (SSSR count). The van der Waals surface area contributed by atoms with Crippen molar-refractivity contribution in [1.82, 2.24) is 59.3 Å². The van der Waals surface area contributed by atoms with Gasteiger partial charge in [-0.1, -0.05) is 9.36 Å².